The Kier molecular flexibility index (Phi) is 5.48. The fourth-order valence-electron chi connectivity index (χ4n) is 3.75. The van der Waals surface area contributed by atoms with Crippen molar-refractivity contribution in [1.82, 2.24) is 14.5 Å². The minimum atomic E-state index is -0.305. The zero-order chi connectivity index (χ0) is 21.0. The maximum atomic E-state index is 12.6. The van der Waals surface area contributed by atoms with E-state index in [9.17, 15) is 4.79 Å². The fraction of sp³-hybridized carbons (Fsp3) is 0.292. The average molecular weight is 415 g/mol. The van der Waals surface area contributed by atoms with E-state index in [1.165, 1.54) is 0 Å². The Labute approximate surface area is 179 Å². The van der Waals surface area contributed by atoms with Gasteiger partial charge in [0, 0.05) is 41.7 Å². The van der Waals surface area contributed by atoms with E-state index < -0.39 is 0 Å². The molecule has 0 N–H and O–H groups in total. The van der Waals surface area contributed by atoms with Crippen molar-refractivity contribution in [2.24, 2.45) is 0 Å². The molecule has 2 aliphatic rings. The van der Waals surface area contributed by atoms with Gasteiger partial charge < -0.3 is 14.2 Å². The predicted molar refractivity (Wildman–Crippen MR) is 114 cm³/mol. The normalized spacial score (nSPS) is 17.1. The Morgan fingerprint density at radius 1 is 1.10 bits per heavy atom. The Bertz CT molecular complexity index is 1200. The third-order valence-electron chi connectivity index (χ3n) is 5.31. The zero-order valence-corrected chi connectivity index (χ0v) is 16.9. The van der Waals surface area contributed by atoms with E-state index in [-0.39, 0.29) is 11.8 Å². The Morgan fingerprint density at radius 3 is 2.81 bits per heavy atom. The SMILES string of the molecule is O=c1nc(OCC2COCCO2)cc2n1CCc1cc(C#Cc3ccncc3)ccc1-2. The molecular formula is C24H21N3O4. The van der Waals surface area contributed by atoms with Gasteiger partial charge in [0.25, 0.3) is 0 Å². The molecule has 4 heterocycles. The number of aryl methyl sites for hydroxylation is 1. The first-order valence-corrected chi connectivity index (χ1v) is 10.3. The summed E-state index contributed by atoms with van der Waals surface area (Å²) < 4.78 is 18.4. The first-order valence-electron chi connectivity index (χ1n) is 10.3. The summed E-state index contributed by atoms with van der Waals surface area (Å²) in [4.78, 5) is 20.7. The lowest BCUT2D eigenvalue weighted by Gasteiger charge is -2.24. The van der Waals surface area contributed by atoms with Crippen LogP contribution in [0.1, 0.15) is 16.7 Å². The lowest BCUT2D eigenvalue weighted by Crippen LogP contribution is -2.34. The van der Waals surface area contributed by atoms with Crippen molar-refractivity contribution >= 4 is 0 Å². The molecule has 0 saturated carbocycles. The maximum absolute atomic E-state index is 12.6. The van der Waals surface area contributed by atoms with Crippen LogP contribution in [0, 0.1) is 11.8 Å². The molecule has 0 amide bonds. The summed E-state index contributed by atoms with van der Waals surface area (Å²) in [6.07, 6.45) is 4.06. The zero-order valence-electron chi connectivity index (χ0n) is 16.9. The van der Waals surface area contributed by atoms with Gasteiger partial charge in [-0.05, 0) is 36.2 Å². The van der Waals surface area contributed by atoms with Gasteiger partial charge in [-0.3, -0.25) is 9.55 Å². The van der Waals surface area contributed by atoms with Crippen molar-refractivity contribution in [3.63, 3.8) is 0 Å². The summed E-state index contributed by atoms with van der Waals surface area (Å²) in [5.74, 6) is 6.67. The molecule has 31 heavy (non-hydrogen) atoms. The lowest BCUT2D eigenvalue weighted by atomic mass is 9.95. The van der Waals surface area contributed by atoms with Gasteiger partial charge in [0.2, 0.25) is 5.88 Å². The molecule has 0 bridgehead atoms. The molecule has 1 atom stereocenters. The van der Waals surface area contributed by atoms with Crippen LogP contribution in [0.3, 0.4) is 0 Å². The number of rotatable bonds is 3. The van der Waals surface area contributed by atoms with Gasteiger partial charge in [-0.15, -0.1) is 0 Å². The standard InChI is InChI=1S/C24H21N3O4/c28-24-26-23(31-16-20-15-29-11-12-30-20)14-22-21-4-3-18(13-19(21)7-10-27(22)24)2-1-17-5-8-25-9-6-17/h3-6,8-9,13-14,20H,7,10-12,15-16H2. The number of nitrogens with zero attached hydrogens (tertiary/aromatic N) is 3. The quantitative estimate of drug-likeness (QED) is 0.610. The third kappa shape index (κ3) is 4.36. The monoisotopic (exact) mass is 415 g/mol. The molecule has 156 valence electrons. The molecule has 1 saturated heterocycles. The first-order chi connectivity index (χ1) is 15.3. The summed E-state index contributed by atoms with van der Waals surface area (Å²) in [5, 5.41) is 0. The molecular weight excluding hydrogens is 394 g/mol. The van der Waals surface area contributed by atoms with Crippen LogP contribution in [0.4, 0.5) is 0 Å². The number of hydrogen-bond acceptors (Lipinski definition) is 6. The first kappa shape index (κ1) is 19.5. The Hall–Kier alpha value is -3.47. The van der Waals surface area contributed by atoms with Crippen molar-refractivity contribution in [3.05, 3.63) is 76.0 Å². The van der Waals surface area contributed by atoms with E-state index >= 15 is 0 Å². The van der Waals surface area contributed by atoms with Gasteiger partial charge in [-0.2, -0.15) is 4.98 Å². The number of aromatic nitrogens is 3. The molecule has 1 aromatic carbocycles. The van der Waals surface area contributed by atoms with Crippen LogP contribution in [0.25, 0.3) is 11.3 Å². The second-order valence-electron chi connectivity index (χ2n) is 7.40. The van der Waals surface area contributed by atoms with E-state index in [0.29, 0.717) is 38.9 Å². The average Bonchev–Trinajstić information content (AvgIpc) is 2.82. The highest BCUT2D eigenvalue weighted by molar-refractivity contribution is 5.68. The number of hydrogen-bond donors (Lipinski definition) is 0. The van der Waals surface area contributed by atoms with Crippen LogP contribution in [0.15, 0.2) is 53.6 Å². The van der Waals surface area contributed by atoms with Crippen molar-refractivity contribution in [2.45, 2.75) is 19.1 Å². The van der Waals surface area contributed by atoms with Crippen LogP contribution in [0.5, 0.6) is 5.88 Å². The van der Waals surface area contributed by atoms with Crippen LogP contribution >= 0.6 is 0 Å². The highest BCUT2D eigenvalue weighted by Gasteiger charge is 2.20. The van der Waals surface area contributed by atoms with Gasteiger partial charge in [-0.1, -0.05) is 17.9 Å². The van der Waals surface area contributed by atoms with Crippen LogP contribution in [-0.4, -0.2) is 47.1 Å². The molecule has 1 fully saturated rings. The number of ether oxygens (including phenoxy) is 3. The highest BCUT2D eigenvalue weighted by Crippen LogP contribution is 2.30. The van der Waals surface area contributed by atoms with Crippen LogP contribution in [0.2, 0.25) is 0 Å². The van der Waals surface area contributed by atoms with Gasteiger partial charge in [-0.25, -0.2) is 4.79 Å². The lowest BCUT2D eigenvalue weighted by molar-refractivity contribution is -0.102. The summed E-state index contributed by atoms with van der Waals surface area (Å²) in [7, 11) is 0. The van der Waals surface area contributed by atoms with Crippen molar-refractivity contribution < 1.29 is 14.2 Å². The maximum Gasteiger partial charge on any atom is 0.351 e. The molecule has 3 aromatic rings. The van der Waals surface area contributed by atoms with Crippen LogP contribution < -0.4 is 10.4 Å². The third-order valence-corrected chi connectivity index (χ3v) is 5.31. The summed E-state index contributed by atoms with van der Waals surface area (Å²) in [5.41, 5.74) is 4.52. The van der Waals surface area contributed by atoms with E-state index in [1.54, 1.807) is 17.0 Å². The molecule has 0 radical (unpaired) electrons. The van der Waals surface area contributed by atoms with E-state index in [1.807, 2.05) is 30.3 Å². The largest absolute Gasteiger partial charge is 0.475 e. The Balaban J connectivity index is 1.40. The van der Waals surface area contributed by atoms with Crippen molar-refractivity contribution in [2.75, 3.05) is 26.4 Å². The van der Waals surface area contributed by atoms with E-state index in [2.05, 4.69) is 27.9 Å². The summed E-state index contributed by atoms with van der Waals surface area (Å²) >= 11 is 0. The summed E-state index contributed by atoms with van der Waals surface area (Å²) in [6.45, 7) is 2.51. The molecule has 0 aliphatic carbocycles. The van der Waals surface area contributed by atoms with Gasteiger partial charge >= 0.3 is 5.69 Å². The van der Waals surface area contributed by atoms with Crippen molar-refractivity contribution in [1.29, 1.82) is 0 Å². The Morgan fingerprint density at radius 2 is 1.97 bits per heavy atom. The van der Waals surface area contributed by atoms with Gasteiger partial charge in [0.1, 0.15) is 12.7 Å². The molecule has 0 spiro atoms. The molecule has 5 rings (SSSR count). The molecule has 7 nitrogen and oxygen atoms in total. The number of pyridine rings is 1. The van der Waals surface area contributed by atoms with Gasteiger partial charge in [0.05, 0.1) is 25.5 Å². The summed E-state index contributed by atoms with van der Waals surface area (Å²) in [6, 6.07) is 11.7. The van der Waals surface area contributed by atoms with E-state index in [4.69, 9.17) is 14.2 Å². The topological polar surface area (TPSA) is 75.5 Å². The fourth-order valence-corrected chi connectivity index (χ4v) is 3.75. The minimum absolute atomic E-state index is 0.150. The number of benzene rings is 1. The molecule has 1 unspecified atom stereocenters. The molecule has 7 heteroatoms. The smallest absolute Gasteiger partial charge is 0.351 e. The van der Waals surface area contributed by atoms with Crippen molar-refractivity contribution in [3.8, 4) is 29.0 Å². The minimum Gasteiger partial charge on any atom is -0.475 e. The van der Waals surface area contributed by atoms with E-state index in [0.717, 1.165) is 34.4 Å². The highest BCUT2D eigenvalue weighted by atomic mass is 16.6. The van der Waals surface area contributed by atoms with Gasteiger partial charge in [0.15, 0.2) is 0 Å². The second-order valence-corrected chi connectivity index (χ2v) is 7.40. The van der Waals surface area contributed by atoms with Crippen LogP contribution in [-0.2, 0) is 22.4 Å². The molecule has 2 aromatic heterocycles. The second kappa shape index (κ2) is 8.72. The predicted octanol–water partition coefficient (Wildman–Crippen LogP) is 2.06. The molecule has 2 aliphatic heterocycles. The number of fused-ring (bicyclic) bond motifs is 3.